The van der Waals surface area contributed by atoms with Gasteiger partial charge in [0.15, 0.2) is 0 Å². The summed E-state index contributed by atoms with van der Waals surface area (Å²) in [5, 5.41) is 8.73. The number of likely N-dealkylation sites (tertiary alicyclic amines) is 1. The number of benzene rings is 2. The maximum Gasteiger partial charge on any atom is 0.247 e. The molecule has 0 aromatic heterocycles. The van der Waals surface area contributed by atoms with Crippen molar-refractivity contribution in [3.63, 3.8) is 0 Å². The molecule has 336 valence electrons. The number of hydrogen-bond donors (Lipinski definition) is 4. The van der Waals surface area contributed by atoms with Crippen molar-refractivity contribution in [3.8, 4) is 0 Å². The smallest absolute Gasteiger partial charge is 0.247 e. The molecule has 10 atom stereocenters. The minimum absolute atomic E-state index is 0.0450. The molecule has 14 heteroatoms. The van der Waals surface area contributed by atoms with Crippen LogP contribution in [0.1, 0.15) is 86.1 Å². The van der Waals surface area contributed by atoms with Gasteiger partial charge in [-0.2, -0.15) is 0 Å². The fourth-order valence-corrected chi connectivity index (χ4v) is 8.62. The molecule has 5 amide bonds. The highest BCUT2D eigenvalue weighted by atomic mass is 16.2. The van der Waals surface area contributed by atoms with Crippen molar-refractivity contribution in [1.29, 1.82) is 0 Å². The van der Waals surface area contributed by atoms with Crippen LogP contribution in [0.15, 0.2) is 54.6 Å². The minimum atomic E-state index is -0.980. The molecule has 1 fully saturated rings. The lowest BCUT2D eigenvalue weighted by Gasteiger charge is -2.40. The van der Waals surface area contributed by atoms with Crippen LogP contribution in [0.5, 0.6) is 0 Å². The zero-order valence-corrected chi connectivity index (χ0v) is 37.9. The molecule has 3 rings (SSSR count). The van der Waals surface area contributed by atoms with Gasteiger partial charge in [0.05, 0.1) is 6.04 Å². The van der Waals surface area contributed by atoms with Crippen molar-refractivity contribution in [2.75, 3.05) is 38.7 Å². The van der Waals surface area contributed by atoms with Gasteiger partial charge in [0.1, 0.15) is 24.7 Å². The van der Waals surface area contributed by atoms with Crippen molar-refractivity contribution < 1.29 is 33.6 Å². The molecule has 5 N–H and O–H groups in total. The summed E-state index contributed by atoms with van der Waals surface area (Å²) in [4.78, 5) is 100. The molecular weight excluding hydrogens is 775 g/mol. The third kappa shape index (κ3) is 13.4. The summed E-state index contributed by atoms with van der Waals surface area (Å²) in [5.74, 6) is -4.99. The zero-order valence-electron chi connectivity index (χ0n) is 37.9. The number of carbonyl (C=O) groups is 7. The molecule has 0 saturated carbocycles. The van der Waals surface area contributed by atoms with Crippen LogP contribution < -0.4 is 21.7 Å². The predicted molar refractivity (Wildman–Crippen MR) is 239 cm³/mol. The highest BCUT2D eigenvalue weighted by Crippen LogP contribution is 2.32. The van der Waals surface area contributed by atoms with Crippen LogP contribution in [-0.4, -0.2) is 115 Å². The quantitative estimate of drug-likeness (QED) is 0.0917. The molecule has 2 aromatic rings. The van der Waals surface area contributed by atoms with Crippen molar-refractivity contribution in [2.45, 2.75) is 117 Å². The lowest BCUT2D eigenvalue weighted by atomic mass is 9.83. The van der Waals surface area contributed by atoms with Gasteiger partial charge in [-0.3, -0.25) is 28.9 Å². The van der Waals surface area contributed by atoms with E-state index in [1.54, 1.807) is 43.1 Å². The summed E-state index contributed by atoms with van der Waals surface area (Å²) in [7, 11) is 5.30. The van der Waals surface area contributed by atoms with E-state index in [0.29, 0.717) is 43.5 Å². The van der Waals surface area contributed by atoms with E-state index in [9.17, 15) is 33.6 Å². The van der Waals surface area contributed by atoms with Crippen LogP contribution in [-0.2, 0) is 40.0 Å². The van der Waals surface area contributed by atoms with Gasteiger partial charge in [0, 0.05) is 67.6 Å². The van der Waals surface area contributed by atoms with Gasteiger partial charge in [-0.05, 0) is 74.5 Å². The molecule has 0 aliphatic carbocycles. The molecule has 61 heavy (non-hydrogen) atoms. The third-order valence-electron chi connectivity index (χ3n) is 12.6. The lowest BCUT2D eigenvalue weighted by molar-refractivity contribution is -0.144. The van der Waals surface area contributed by atoms with E-state index in [2.05, 4.69) is 16.0 Å². The fourth-order valence-electron chi connectivity index (χ4n) is 8.62. The Hall–Kier alpha value is -5.11. The molecule has 1 unspecified atom stereocenters. The second kappa shape index (κ2) is 23.8. The number of aldehydes is 2. The number of rotatable bonds is 23. The van der Waals surface area contributed by atoms with Crippen molar-refractivity contribution in [2.24, 2.45) is 35.5 Å². The highest BCUT2D eigenvalue weighted by molar-refractivity contribution is 5.98. The maximum atomic E-state index is 14.3. The maximum absolute atomic E-state index is 14.3. The van der Waals surface area contributed by atoms with E-state index in [-0.39, 0.29) is 48.3 Å². The number of hydrogen-bond acceptors (Lipinski definition) is 9. The van der Waals surface area contributed by atoms with Gasteiger partial charge in [-0.25, -0.2) is 0 Å². The number of nitrogens with zero attached hydrogens (tertiary/aromatic N) is 3. The Labute approximate surface area is 363 Å². The summed E-state index contributed by atoms with van der Waals surface area (Å²) >= 11 is 0. The van der Waals surface area contributed by atoms with Crippen LogP contribution in [0, 0.1) is 35.5 Å². The Bertz CT molecular complexity index is 1770. The Morgan fingerprint density at radius 3 is 1.98 bits per heavy atom. The van der Waals surface area contributed by atoms with Gasteiger partial charge in [-0.15, -0.1) is 0 Å². The van der Waals surface area contributed by atoms with Gasteiger partial charge >= 0.3 is 0 Å². The van der Waals surface area contributed by atoms with E-state index >= 15 is 0 Å². The summed E-state index contributed by atoms with van der Waals surface area (Å²) in [6, 6.07) is 12.3. The first-order valence-corrected chi connectivity index (χ1v) is 21.8. The molecule has 0 bridgehead atoms. The summed E-state index contributed by atoms with van der Waals surface area (Å²) in [6.07, 6.45) is 3.87. The molecular formula is C47H71N7O7. The third-order valence-corrected chi connectivity index (χ3v) is 12.6. The van der Waals surface area contributed by atoms with Crippen molar-refractivity contribution in [1.82, 2.24) is 25.3 Å². The average molecular weight is 846 g/mol. The Morgan fingerprint density at radius 1 is 0.820 bits per heavy atom. The SMILES string of the molecule is CCC(C)[C@@H](C(=O)N[C@H](C(=O)N(C)[C@H]([C@H](C=O)CC(=O)N1CCC[C@H]1[C@H](C=O)[C@@H](C)C(=O)N[C@@H](Cc1ccccc1)C(=O)Nc1ccc(N)cc1)[C@@H](C)CC)C(C)C)N(C)C. The van der Waals surface area contributed by atoms with Gasteiger partial charge < -0.3 is 41.1 Å². The van der Waals surface area contributed by atoms with Crippen molar-refractivity contribution >= 4 is 53.5 Å². The van der Waals surface area contributed by atoms with E-state index in [1.165, 1.54) is 4.90 Å². The number of likely N-dealkylation sites (N-methyl/N-ethyl adjacent to an activating group) is 2. The summed E-state index contributed by atoms with van der Waals surface area (Å²) in [6.45, 7) is 13.6. The first kappa shape index (κ1) is 50.2. The molecule has 2 aromatic carbocycles. The van der Waals surface area contributed by atoms with Gasteiger partial charge in [-0.1, -0.05) is 91.6 Å². The Kier molecular flexibility index (Phi) is 19.6. The fraction of sp³-hybridized carbons (Fsp3) is 0.596. The largest absolute Gasteiger partial charge is 0.399 e. The Balaban J connectivity index is 1.82. The lowest BCUT2D eigenvalue weighted by Crippen LogP contribution is -2.59. The number of amides is 5. The summed E-state index contributed by atoms with van der Waals surface area (Å²) < 4.78 is 0. The van der Waals surface area contributed by atoms with E-state index < -0.39 is 59.8 Å². The van der Waals surface area contributed by atoms with Crippen LogP contribution >= 0.6 is 0 Å². The van der Waals surface area contributed by atoms with E-state index in [1.807, 2.05) is 90.9 Å². The first-order valence-electron chi connectivity index (χ1n) is 21.8. The molecule has 0 radical (unpaired) electrons. The van der Waals surface area contributed by atoms with E-state index in [0.717, 1.165) is 18.3 Å². The van der Waals surface area contributed by atoms with Crippen molar-refractivity contribution in [3.05, 3.63) is 60.2 Å². The van der Waals surface area contributed by atoms with E-state index in [4.69, 9.17) is 5.73 Å². The molecule has 1 heterocycles. The molecule has 14 nitrogen and oxygen atoms in total. The van der Waals surface area contributed by atoms with Crippen LogP contribution in [0.3, 0.4) is 0 Å². The number of nitrogens with two attached hydrogens (primary N) is 1. The van der Waals surface area contributed by atoms with Gasteiger partial charge in [0.25, 0.3) is 0 Å². The minimum Gasteiger partial charge on any atom is -0.399 e. The monoisotopic (exact) mass is 846 g/mol. The average Bonchev–Trinajstić information content (AvgIpc) is 3.72. The van der Waals surface area contributed by atoms with Crippen LogP contribution in [0.25, 0.3) is 0 Å². The Morgan fingerprint density at radius 2 is 1.44 bits per heavy atom. The van der Waals surface area contributed by atoms with Gasteiger partial charge in [0.2, 0.25) is 29.5 Å². The second-order valence-corrected chi connectivity index (χ2v) is 17.5. The zero-order chi connectivity index (χ0) is 45.6. The second-order valence-electron chi connectivity index (χ2n) is 17.5. The molecule has 0 spiro atoms. The number of nitrogens with one attached hydrogen (secondary N) is 3. The van der Waals surface area contributed by atoms with Crippen LogP contribution in [0.2, 0.25) is 0 Å². The standard InChI is InChI=1S/C47H71N7O7/c1-11-30(5)42(53(10)47(61)41(29(3)4)51-46(60)43(52(8)9)31(6)12-2)34(27-55)26-40(57)54-24-16-19-39(54)37(28-56)32(7)44(58)50-38(25-33-17-14-13-15-18-33)45(59)49-36-22-20-35(48)21-23-36/h13-15,17-18,20-23,27-32,34,37-39,41-43H,11-12,16,19,24-26,48H2,1-10H3,(H,49,59)(H,50,58)(H,51,60)/t30-,31?,32+,34-,37+,38-,39-,41-,42-,43-/m0/s1. The predicted octanol–water partition coefficient (Wildman–Crippen LogP) is 4.57. The topological polar surface area (TPSA) is 191 Å². The number of nitrogen functional groups attached to an aromatic ring is 1. The normalized spacial score (nSPS) is 18.4. The summed E-state index contributed by atoms with van der Waals surface area (Å²) in [5.41, 5.74) is 7.68. The molecule has 1 saturated heterocycles. The molecule has 1 aliphatic rings. The highest BCUT2D eigenvalue weighted by Gasteiger charge is 2.43. The molecule has 1 aliphatic heterocycles. The number of carbonyl (C=O) groups excluding carboxylic acids is 7. The van der Waals surface area contributed by atoms with Crippen LogP contribution in [0.4, 0.5) is 11.4 Å². The first-order chi connectivity index (χ1) is 28.9. The number of anilines is 2.